The van der Waals surface area contributed by atoms with Crippen LogP contribution in [-0.4, -0.2) is 23.7 Å². The van der Waals surface area contributed by atoms with E-state index in [1.54, 1.807) is 0 Å². The Hall–Kier alpha value is 0.310. The zero-order valence-electron chi connectivity index (χ0n) is 6.92. The highest BCUT2D eigenvalue weighted by Crippen LogP contribution is 2.32. The van der Waals surface area contributed by atoms with Gasteiger partial charge in [-0.1, -0.05) is 6.42 Å². The molecular weight excluding hydrogens is 156 g/mol. The van der Waals surface area contributed by atoms with Crippen molar-refractivity contribution in [2.75, 3.05) is 12.4 Å². The first kappa shape index (κ1) is 7.93. The van der Waals surface area contributed by atoms with Crippen LogP contribution in [0.4, 0.5) is 0 Å². The van der Waals surface area contributed by atoms with Gasteiger partial charge >= 0.3 is 0 Å². The van der Waals surface area contributed by atoms with Crippen LogP contribution in [0.1, 0.15) is 32.1 Å². The Balaban J connectivity index is 1.82. The quantitative estimate of drug-likeness (QED) is 0.601. The van der Waals surface area contributed by atoms with Gasteiger partial charge in [0, 0.05) is 11.9 Å². The van der Waals surface area contributed by atoms with Crippen LogP contribution in [-0.2, 0) is 4.74 Å². The Kier molecular flexibility index (Phi) is 2.75. The van der Waals surface area contributed by atoms with Gasteiger partial charge < -0.3 is 4.74 Å². The second-order valence-electron chi connectivity index (χ2n) is 3.46. The van der Waals surface area contributed by atoms with E-state index in [0.29, 0.717) is 6.10 Å². The number of ether oxygens (including phenoxy) is 1. The average molecular weight is 172 g/mol. The maximum absolute atomic E-state index is 5.67. The molecule has 2 saturated heterocycles. The van der Waals surface area contributed by atoms with E-state index in [-0.39, 0.29) is 0 Å². The standard InChI is InChI=1S/C9H16OS/c1-2-7-11-9(5-1)8-4-3-6-10-8/h8-9H,1-7H2. The van der Waals surface area contributed by atoms with Gasteiger partial charge in [-0.3, -0.25) is 0 Å². The van der Waals surface area contributed by atoms with E-state index in [1.807, 2.05) is 0 Å². The van der Waals surface area contributed by atoms with Crippen LogP contribution in [0.5, 0.6) is 0 Å². The Labute approximate surface area is 72.9 Å². The van der Waals surface area contributed by atoms with Crippen LogP contribution in [0.2, 0.25) is 0 Å². The molecule has 2 unspecified atom stereocenters. The van der Waals surface area contributed by atoms with E-state index in [2.05, 4.69) is 11.8 Å². The minimum atomic E-state index is 0.611. The third-order valence-corrected chi connectivity index (χ3v) is 4.09. The number of hydrogen-bond acceptors (Lipinski definition) is 2. The van der Waals surface area contributed by atoms with Gasteiger partial charge in [-0.15, -0.1) is 0 Å². The molecule has 0 spiro atoms. The number of rotatable bonds is 1. The summed E-state index contributed by atoms with van der Waals surface area (Å²) in [6.07, 6.45) is 7.47. The van der Waals surface area contributed by atoms with Crippen molar-refractivity contribution in [2.45, 2.75) is 43.5 Å². The molecule has 0 aromatic heterocycles. The molecule has 0 aliphatic carbocycles. The molecule has 2 fully saturated rings. The van der Waals surface area contributed by atoms with E-state index in [1.165, 1.54) is 37.9 Å². The summed E-state index contributed by atoms with van der Waals surface area (Å²) in [5.74, 6) is 1.37. The van der Waals surface area contributed by atoms with Crippen LogP contribution < -0.4 is 0 Å². The van der Waals surface area contributed by atoms with E-state index < -0.39 is 0 Å². The second-order valence-corrected chi connectivity index (χ2v) is 4.80. The molecular formula is C9H16OS. The van der Waals surface area contributed by atoms with Crippen molar-refractivity contribution in [1.29, 1.82) is 0 Å². The van der Waals surface area contributed by atoms with Crippen molar-refractivity contribution >= 4 is 11.8 Å². The molecule has 0 radical (unpaired) electrons. The Bertz CT molecular complexity index is 115. The monoisotopic (exact) mass is 172 g/mol. The predicted octanol–water partition coefficient (Wildman–Crippen LogP) is 2.45. The minimum absolute atomic E-state index is 0.611. The van der Waals surface area contributed by atoms with Crippen LogP contribution in [0, 0.1) is 0 Å². The first-order chi connectivity index (χ1) is 5.47. The molecule has 2 atom stereocenters. The maximum atomic E-state index is 5.67. The van der Waals surface area contributed by atoms with Gasteiger partial charge in [0.2, 0.25) is 0 Å². The SMILES string of the molecule is C1CCC(C2CCCO2)SC1. The summed E-state index contributed by atoms with van der Waals surface area (Å²) in [5, 5.41) is 0.839. The Morgan fingerprint density at radius 3 is 2.73 bits per heavy atom. The lowest BCUT2D eigenvalue weighted by Gasteiger charge is -2.25. The van der Waals surface area contributed by atoms with Crippen molar-refractivity contribution in [3.63, 3.8) is 0 Å². The van der Waals surface area contributed by atoms with Gasteiger partial charge in [-0.2, -0.15) is 11.8 Å². The van der Waals surface area contributed by atoms with Gasteiger partial charge in [0.25, 0.3) is 0 Å². The lowest BCUT2D eigenvalue weighted by Crippen LogP contribution is -2.24. The Morgan fingerprint density at radius 2 is 2.09 bits per heavy atom. The molecule has 0 aromatic rings. The molecule has 0 amide bonds. The summed E-state index contributed by atoms with van der Waals surface area (Å²) in [5.41, 5.74) is 0. The van der Waals surface area contributed by atoms with Crippen LogP contribution in [0.15, 0.2) is 0 Å². The number of thioether (sulfide) groups is 1. The molecule has 11 heavy (non-hydrogen) atoms. The van der Waals surface area contributed by atoms with Crippen LogP contribution in [0.25, 0.3) is 0 Å². The first-order valence-electron chi connectivity index (χ1n) is 4.70. The molecule has 0 bridgehead atoms. The highest BCUT2D eigenvalue weighted by Gasteiger charge is 2.27. The van der Waals surface area contributed by atoms with Crippen molar-refractivity contribution in [3.05, 3.63) is 0 Å². The molecule has 2 heteroatoms. The summed E-state index contributed by atoms with van der Waals surface area (Å²) in [6, 6.07) is 0. The third kappa shape index (κ3) is 1.91. The van der Waals surface area contributed by atoms with E-state index in [0.717, 1.165) is 11.9 Å². The van der Waals surface area contributed by atoms with Gasteiger partial charge in [0.15, 0.2) is 0 Å². The minimum Gasteiger partial charge on any atom is -0.377 e. The first-order valence-corrected chi connectivity index (χ1v) is 5.75. The van der Waals surface area contributed by atoms with Gasteiger partial charge in [0.05, 0.1) is 6.10 Å². The van der Waals surface area contributed by atoms with Crippen molar-refractivity contribution in [1.82, 2.24) is 0 Å². The van der Waals surface area contributed by atoms with Gasteiger partial charge in [-0.25, -0.2) is 0 Å². The zero-order valence-corrected chi connectivity index (χ0v) is 7.74. The van der Waals surface area contributed by atoms with Gasteiger partial charge in [0.1, 0.15) is 0 Å². The molecule has 64 valence electrons. The van der Waals surface area contributed by atoms with Gasteiger partial charge in [-0.05, 0) is 31.4 Å². The molecule has 2 aliphatic heterocycles. The summed E-state index contributed by atoms with van der Waals surface area (Å²) in [7, 11) is 0. The summed E-state index contributed by atoms with van der Waals surface area (Å²) < 4.78 is 5.67. The van der Waals surface area contributed by atoms with Crippen molar-refractivity contribution in [2.24, 2.45) is 0 Å². The lowest BCUT2D eigenvalue weighted by molar-refractivity contribution is 0.106. The fourth-order valence-electron chi connectivity index (χ4n) is 1.95. The third-order valence-electron chi connectivity index (χ3n) is 2.59. The average Bonchev–Trinajstić information content (AvgIpc) is 2.58. The summed E-state index contributed by atoms with van der Waals surface area (Å²) in [6.45, 7) is 1.02. The van der Waals surface area contributed by atoms with E-state index in [4.69, 9.17) is 4.74 Å². The lowest BCUT2D eigenvalue weighted by atomic mass is 10.1. The highest BCUT2D eigenvalue weighted by molar-refractivity contribution is 8.00. The summed E-state index contributed by atoms with van der Waals surface area (Å²) in [4.78, 5) is 0. The molecule has 1 nitrogen and oxygen atoms in total. The second kappa shape index (κ2) is 3.81. The fraction of sp³-hybridized carbons (Fsp3) is 1.00. The van der Waals surface area contributed by atoms with Crippen LogP contribution in [0.3, 0.4) is 0 Å². The number of hydrogen-bond donors (Lipinski definition) is 0. The smallest absolute Gasteiger partial charge is 0.0694 e. The predicted molar refractivity (Wildman–Crippen MR) is 49.1 cm³/mol. The Morgan fingerprint density at radius 1 is 1.09 bits per heavy atom. The molecule has 2 aliphatic rings. The van der Waals surface area contributed by atoms with Crippen molar-refractivity contribution in [3.8, 4) is 0 Å². The van der Waals surface area contributed by atoms with E-state index >= 15 is 0 Å². The topological polar surface area (TPSA) is 9.23 Å². The molecule has 0 aromatic carbocycles. The van der Waals surface area contributed by atoms with E-state index in [9.17, 15) is 0 Å². The zero-order chi connectivity index (χ0) is 7.52. The normalized spacial score (nSPS) is 39.3. The molecule has 2 heterocycles. The molecule has 0 saturated carbocycles. The highest BCUT2D eigenvalue weighted by atomic mass is 32.2. The maximum Gasteiger partial charge on any atom is 0.0694 e. The molecule has 0 N–H and O–H groups in total. The largest absolute Gasteiger partial charge is 0.377 e. The van der Waals surface area contributed by atoms with Crippen LogP contribution >= 0.6 is 11.8 Å². The molecule has 2 rings (SSSR count). The fourth-order valence-corrected chi connectivity index (χ4v) is 3.39. The van der Waals surface area contributed by atoms with Crippen molar-refractivity contribution < 1.29 is 4.74 Å². The summed E-state index contributed by atoms with van der Waals surface area (Å²) >= 11 is 2.14.